The lowest BCUT2D eigenvalue weighted by molar-refractivity contribution is -0.311. The van der Waals surface area contributed by atoms with Crippen LogP contribution in [-0.2, 0) is 14.4 Å². The van der Waals surface area contributed by atoms with E-state index in [0.29, 0.717) is 0 Å². The van der Waals surface area contributed by atoms with E-state index >= 15 is 0 Å². The highest BCUT2D eigenvalue weighted by atomic mass is 16.7. The second-order valence-electron chi connectivity index (χ2n) is 10.4. The minimum atomic E-state index is -0.330. The van der Waals surface area contributed by atoms with Crippen molar-refractivity contribution in [3.63, 3.8) is 0 Å². The molecular weight excluding hydrogens is 398 g/mol. The highest BCUT2D eigenvalue weighted by molar-refractivity contribution is 5.81. The van der Waals surface area contributed by atoms with Gasteiger partial charge in [0.25, 0.3) is 0 Å². The number of hydrogen-bond donors (Lipinski definition) is 0. The first-order valence-electron chi connectivity index (χ1n) is 12.6. The number of allylic oxidation sites excluding steroid dienone is 1. The van der Waals surface area contributed by atoms with Crippen molar-refractivity contribution in [3.8, 4) is 0 Å². The summed E-state index contributed by atoms with van der Waals surface area (Å²) in [5.74, 6) is -0.294. The third-order valence-corrected chi connectivity index (χ3v) is 6.44. The van der Waals surface area contributed by atoms with Gasteiger partial charge in [-0.1, -0.05) is 75.4 Å². The van der Waals surface area contributed by atoms with Crippen molar-refractivity contribution in [2.45, 2.75) is 116 Å². The third-order valence-electron chi connectivity index (χ3n) is 6.44. The van der Waals surface area contributed by atoms with Gasteiger partial charge in [0.1, 0.15) is 12.7 Å². The maximum atomic E-state index is 12.3. The summed E-state index contributed by atoms with van der Waals surface area (Å²) < 4.78 is 5.62. The number of carbonyl (C=O) groups excluding carboxylic acids is 1. The molecule has 4 heteroatoms. The van der Waals surface area contributed by atoms with Crippen LogP contribution in [0.15, 0.2) is 42.5 Å². The molecule has 0 bridgehead atoms. The van der Waals surface area contributed by atoms with E-state index < -0.39 is 0 Å². The summed E-state index contributed by atoms with van der Waals surface area (Å²) in [4.78, 5) is 18.9. The zero-order valence-electron chi connectivity index (χ0n) is 21.1. The summed E-state index contributed by atoms with van der Waals surface area (Å²) in [6.45, 7) is 11.3. The predicted octanol–water partition coefficient (Wildman–Crippen LogP) is 7.55. The number of carbonyl (C=O) groups is 1. The van der Waals surface area contributed by atoms with Gasteiger partial charge < -0.3 is 4.74 Å². The Bertz CT molecular complexity index is 680. The molecule has 1 atom stereocenters. The summed E-state index contributed by atoms with van der Waals surface area (Å²) in [6, 6.07) is 10.1. The number of nitrogens with zero attached hydrogens (tertiary/aromatic N) is 1. The number of unbranched alkanes of at least 4 members (excludes halogenated alkanes) is 6. The summed E-state index contributed by atoms with van der Waals surface area (Å²) in [5, 5.41) is 2.14. The van der Waals surface area contributed by atoms with E-state index in [2.05, 4.69) is 39.7 Å². The molecule has 0 radical (unpaired) electrons. The maximum Gasteiger partial charge on any atom is 0.330 e. The molecule has 1 aromatic rings. The third kappa shape index (κ3) is 8.71. The van der Waals surface area contributed by atoms with Crippen molar-refractivity contribution in [2.75, 3.05) is 6.61 Å². The Hall–Kier alpha value is -1.65. The van der Waals surface area contributed by atoms with Crippen molar-refractivity contribution in [1.82, 2.24) is 5.06 Å². The van der Waals surface area contributed by atoms with Gasteiger partial charge in [0.05, 0.1) is 0 Å². The fourth-order valence-corrected chi connectivity index (χ4v) is 4.67. The summed E-state index contributed by atoms with van der Waals surface area (Å²) in [5.41, 5.74) is 0.875. The van der Waals surface area contributed by atoms with Crippen molar-refractivity contribution in [3.05, 3.63) is 48.0 Å². The molecule has 1 unspecified atom stereocenters. The average molecular weight is 444 g/mol. The maximum absolute atomic E-state index is 12.3. The van der Waals surface area contributed by atoms with Crippen molar-refractivity contribution >= 4 is 5.97 Å². The molecule has 32 heavy (non-hydrogen) atoms. The number of piperidine rings is 1. The van der Waals surface area contributed by atoms with Crippen LogP contribution in [0.4, 0.5) is 0 Å². The molecule has 1 saturated heterocycles. The second-order valence-corrected chi connectivity index (χ2v) is 10.4. The number of rotatable bonds is 13. The lowest BCUT2D eigenvalue weighted by Gasteiger charge is -2.52. The average Bonchev–Trinajstić information content (AvgIpc) is 2.75. The van der Waals surface area contributed by atoms with E-state index in [0.717, 1.165) is 31.2 Å². The van der Waals surface area contributed by atoms with Crippen LogP contribution in [0.25, 0.3) is 0 Å². The second kappa shape index (κ2) is 13.2. The molecule has 1 aliphatic heterocycles. The Balaban J connectivity index is 1.91. The number of hydrogen-bond acceptors (Lipinski definition) is 4. The van der Waals surface area contributed by atoms with Crippen LogP contribution in [-0.4, -0.2) is 28.7 Å². The molecule has 0 aromatic heterocycles. The first kappa shape index (κ1) is 26.6. The van der Waals surface area contributed by atoms with Gasteiger partial charge >= 0.3 is 5.97 Å². The Labute approximate surface area is 196 Å². The number of esters is 1. The van der Waals surface area contributed by atoms with E-state index in [1.165, 1.54) is 38.5 Å². The molecule has 1 heterocycles. The van der Waals surface area contributed by atoms with Crippen molar-refractivity contribution < 1.29 is 14.4 Å². The Kier molecular flexibility index (Phi) is 10.9. The zero-order valence-corrected chi connectivity index (χ0v) is 21.1. The summed E-state index contributed by atoms with van der Waals surface area (Å²) in [7, 11) is 0. The molecule has 1 fully saturated rings. The molecule has 0 N–H and O–H groups in total. The molecule has 180 valence electrons. The number of benzene rings is 1. The van der Waals surface area contributed by atoms with Crippen LogP contribution in [0.5, 0.6) is 0 Å². The highest BCUT2D eigenvalue weighted by Gasteiger charge is 2.43. The molecular formula is C28H45NO3. The molecule has 2 rings (SSSR count). The normalized spacial score (nSPS) is 19.2. The molecule has 0 saturated carbocycles. The number of ether oxygens (including phenoxy) is 1. The lowest BCUT2D eigenvalue weighted by atomic mass is 9.82. The standard InChI is InChI=1S/C28H45NO3/c1-6-7-8-9-10-11-12-16-20-26(30)31-23-25(24-18-14-13-15-19-24)32-29-27(2,3)21-17-22-28(29,4)5/h13-16,18-20,25H,6-12,17,21-23H2,1-5H3/b20-16+. The first-order valence-corrected chi connectivity index (χ1v) is 12.6. The molecule has 0 amide bonds. The zero-order chi connectivity index (χ0) is 23.5. The fraction of sp³-hybridized carbons (Fsp3) is 0.679. The fourth-order valence-electron chi connectivity index (χ4n) is 4.67. The topological polar surface area (TPSA) is 38.8 Å². The van der Waals surface area contributed by atoms with Crippen LogP contribution >= 0.6 is 0 Å². The molecule has 4 nitrogen and oxygen atoms in total. The molecule has 0 aliphatic carbocycles. The predicted molar refractivity (Wildman–Crippen MR) is 132 cm³/mol. The molecule has 0 spiro atoms. The van der Waals surface area contributed by atoms with Gasteiger partial charge in [-0.3, -0.25) is 4.84 Å². The smallest absolute Gasteiger partial charge is 0.330 e. The van der Waals surface area contributed by atoms with E-state index in [-0.39, 0.29) is 29.8 Å². The van der Waals surface area contributed by atoms with Gasteiger partial charge in [-0.25, -0.2) is 4.79 Å². The highest BCUT2D eigenvalue weighted by Crippen LogP contribution is 2.40. The molecule has 1 aliphatic rings. The van der Waals surface area contributed by atoms with Crippen LogP contribution in [0.2, 0.25) is 0 Å². The summed E-state index contributed by atoms with van der Waals surface area (Å²) >= 11 is 0. The summed E-state index contributed by atoms with van der Waals surface area (Å²) in [6.07, 6.45) is 15.0. The van der Waals surface area contributed by atoms with Crippen LogP contribution < -0.4 is 0 Å². The van der Waals surface area contributed by atoms with Crippen LogP contribution in [0.1, 0.15) is 110 Å². The van der Waals surface area contributed by atoms with Gasteiger partial charge in [-0.05, 0) is 65.4 Å². The van der Waals surface area contributed by atoms with Gasteiger partial charge in [0.2, 0.25) is 0 Å². The minimum Gasteiger partial charge on any atom is -0.459 e. The van der Waals surface area contributed by atoms with Gasteiger partial charge in [0.15, 0.2) is 0 Å². The van der Waals surface area contributed by atoms with Crippen LogP contribution in [0.3, 0.4) is 0 Å². The van der Waals surface area contributed by atoms with Crippen molar-refractivity contribution in [1.29, 1.82) is 0 Å². The van der Waals surface area contributed by atoms with E-state index in [1.807, 2.05) is 36.4 Å². The minimum absolute atomic E-state index is 0.0736. The Morgan fingerprint density at radius 3 is 2.28 bits per heavy atom. The lowest BCUT2D eigenvalue weighted by Crippen LogP contribution is -2.58. The molecule has 1 aromatic carbocycles. The quantitative estimate of drug-likeness (QED) is 0.179. The Morgan fingerprint density at radius 2 is 1.62 bits per heavy atom. The Morgan fingerprint density at radius 1 is 1.00 bits per heavy atom. The van der Waals surface area contributed by atoms with Gasteiger partial charge in [-0.2, -0.15) is 5.06 Å². The monoisotopic (exact) mass is 443 g/mol. The van der Waals surface area contributed by atoms with Crippen molar-refractivity contribution in [2.24, 2.45) is 0 Å². The van der Waals surface area contributed by atoms with E-state index in [9.17, 15) is 4.79 Å². The van der Waals surface area contributed by atoms with Crippen LogP contribution in [0, 0.1) is 0 Å². The first-order chi connectivity index (χ1) is 15.3. The SMILES string of the molecule is CCCCCCCC/C=C/C(=O)OCC(ON1C(C)(C)CCCC1(C)C)c1ccccc1. The van der Waals surface area contributed by atoms with Gasteiger partial charge in [0, 0.05) is 17.2 Å². The number of hydroxylamine groups is 2. The van der Waals surface area contributed by atoms with E-state index in [4.69, 9.17) is 9.57 Å². The van der Waals surface area contributed by atoms with Gasteiger partial charge in [-0.15, -0.1) is 0 Å². The largest absolute Gasteiger partial charge is 0.459 e. The van der Waals surface area contributed by atoms with E-state index in [1.54, 1.807) is 6.08 Å².